The first kappa shape index (κ1) is 15.2. The molecule has 2 aromatic carbocycles. The van der Waals surface area contributed by atoms with Crippen LogP contribution in [0.25, 0.3) is 0 Å². The molecule has 21 heavy (non-hydrogen) atoms. The van der Waals surface area contributed by atoms with Crippen molar-refractivity contribution in [2.24, 2.45) is 5.73 Å². The van der Waals surface area contributed by atoms with Crippen LogP contribution in [-0.4, -0.2) is 11.0 Å². The van der Waals surface area contributed by atoms with Crippen molar-refractivity contribution in [1.82, 2.24) is 0 Å². The Balaban J connectivity index is 2.14. The van der Waals surface area contributed by atoms with Gasteiger partial charge in [0.15, 0.2) is 0 Å². The summed E-state index contributed by atoms with van der Waals surface area (Å²) in [5.41, 5.74) is 6.94. The smallest absolute Gasteiger partial charge is 0.323 e. The Morgan fingerprint density at radius 1 is 1.14 bits per heavy atom. The number of nitrogens with two attached hydrogens (primary N) is 1. The van der Waals surface area contributed by atoms with E-state index >= 15 is 0 Å². The van der Waals surface area contributed by atoms with Gasteiger partial charge in [0.1, 0.15) is 10.8 Å². The molecule has 0 saturated carbocycles. The Hall–Kier alpha value is -2.18. The van der Waals surface area contributed by atoms with Crippen LogP contribution in [0.1, 0.15) is 5.56 Å². The first-order chi connectivity index (χ1) is 9.95. The van der Waals surface area contributed by atoms with E-state index in [0.29, 0.717) is 22.0 Å². The molecule has 7 heteroatoms. The summed E-state index contributed by atoms with van der Waals surface area (Å²) in [7, 11) is 0. The van der Waals surface area contributed by atoms with E-state index in [1.54, 1.807) is 18.2 Å². The number of urea groups is 1. The standard InChI is InChI=1S/C14H11ClFN3OS/c15-8-1-6-11(13(17)21)12(7-8)19-14(20)18-10-4-2-9(16)3-5-10/h1-7H,(H2,17,21)(H2,18,19,20). The molecule has 0 fully saturated rings. The molecule has 0 aliphatic rings. The second kappa shape index (κ2) is 6.51. The van der Waals surface area contributed by atoms with E-state index in [0.717, 1.165) is 0 Å². The van der Waals surface area contributed by atoms with E-state index in [1.165, 1.54) is 24.3 Å². The number of halogens is 2. The lowest BCUT2D eigenvalue weighted by Gasteiger charge is -2.11. The first-order valence-corrected chi connectivity index (χ1v) is 6.67. The van der Waals surface area contributed by atoms with Gasteiger partial charge in [0.2, 0.25) is 0 Å². The largest absolute Gasteiger partial charge is 0.389 e. The third-order valence-electron chi connectivity index (χ3n) is 2.60. The molecule has 0 radical (unpaired) electrons. The first-order valence-electron chi connectivity index (χ1n) is 5.88. The Morgan fingerprint density at radius 2 is 1.81 bits per heavy atom. The highest BCUT2D eigenvalue weighted by Crippen LogP contribution is 2.21. The Kier molecular flexibility index (Phi) is 4.72. The van der Waals surface area contributed by atoms with E-state index in [-0.39, 0.29) is 10.8 Å². The van der Waals surface area contributed by atoms with Crippen LogP contribution in [0.2, 0.25) is 5.02 Å². The molecule has 0 aliphatic carbocycles. The quantitative estimate of drug-likeness (QED) is 0.753. The van der Waals surface area contributed by atoms with Crippen molar-refractivity contribution < 1.29 is 9.18 Å². The average molecular weight is 324 g/mol. The topological polar surface area (TPSA) is 67.1 Å². The lowest BCUT2D eigenvalue weighted by Crippen LogP contribution is -2.22. The molecule has 2 amide bonds. The summed E-state index contributed by atoms with van der Waals surface area (Å²) in [5.74, 6) is -0.383. The highest BCUT2D eigenvalue weighted by molar-refractivity contribution is 7.80. The Labute approximate surface area is 131 Å². The van der Waals surface area contributed by atoms with Gasteiger partial charge in [-0.15, -0.1) is 0 Å². The molecule has 0 heterocycles. The fraction of sp³-hybridized carbons (Fsp3) is 0. The maximum Gasteiger partial charge on any atom is 0.323 e. The van der Waals surface area contributed by atoms with Gasteiger partial charge in [0.25, 0.3) is 0 Å². The zero-order valence-electron chi connectivity index (χ0n) is 10.7. The van der Waals surface area contributed by atoms with Gasteiger partial charge in [-0.2, -0.15) is 0 Å². The predicted molar refractivity (Wildman–Crippen MR) is 86.4 cm³/mol. The van der Waals surface area contributed by atoms with E-state index in [1.807, 2.05) is 0 Å². The second-order valence-corrected chi connectivity index (χ2v) is 5.02. The lowest BCUT2D eigenvalue weighted by atomic mass is 10.2. The minimum atomic E-state index is -0.513. The number of anilines is 2. The molecule has 0 aromatic heterocycles. The van der Waals surface area contributed by atoms with Gasteiger partial charge in [-0.05, 0) is 42.5 Å². The molecule has 2 aromatic rings. The van der Waals surface area contributed by atoms with Crippen LogP contribution in [0.5, 0.6) is 0 Å². The fourth-order valence-corrected chi connectivity index (χ4v) is 2.00. The molecule has 0 saturated heterocycles. The van der Waals surface area contributed by atoms with E-state index in [2.05, 4.69) is 10.6 Å². The third kappa shape index (κ3) is 4.14. The number of hydrogen-bond acceptors (Lipinski definition) is 2. The van der Waals surface area contributed by atoms with Crippen LogP contribution in [0, 0.1) is 5.82 Å². The molecule has 0 bridgehead atoms. The van der Waals surface area contributed by atoms with Crippen LogP contribution < -0.4 is 16.4 Å². The number of benzene rings is 2. The number of rotatable bonds is 3. The predicted octanol–water partition coefficient (Wildman–Crippen LogP) is 3.76. The molecule has 0 atom stereocenters. The summed E-state index contributed by atoms with van der Waals surface area (Å²) in [5, 5.41) is 5.60. The SMILES string of the molecule is NC(=S)c1ccc(Cl)cc1NC(=O)Nc1ccc(F)cc1. The average Bonchev–Trinajstić information content (AvgIpc) is 2.41. The molecular formula is C14H11ClFN3OS. The fourth-order valence-electron chi connectivity index (χ4n) is 1.65. The normalized spacial score (nSPS) is 10.0. The summed E-state index contributed by atoms with van der Waals surface area (Å²) in [6, 6.07) is 9.66. The minimum absolute atomic E-state index is 0.142. The molecule has 0 aliphatic heterocycles. The van der Waals surface area contributed by atoms with Crippen molar-refractivity contribution in [3.05, 3.63) is 58.9 Å². The van der Waals surface area contributed by atoms with Crippen LogP contribution in [0.3, 0.4) is 0 Å². The summed E-state index contributed by atoms with van der Waals surface area (Å²) in [6.07, 6.45) is 0. The zero-order chi connectivity index (χ0) is 15.4. The van der Waals surface area contributed by atoms with Crippen molar-refractivity contribution >= 4 is 46.2 Å². The highest BCUT2D eigenvalue weighted by atomic mass is 35.5. The van der Waals surface area contributed by atoms with Gasteiger partial charge in [0.05, 0.1) is 5.69 Å². The number of nitrogens with one attached hydrogen (secondary N) is 2. The Bertz CT molecular complexity index is 691. The molecular weight excluding hydrogens is 313 g/mol. The summed E-state index contributed by atoms with van der Waals surface area (Å²) in [6.45, 7) is 0. The van der Waals surface area contributed by atoms with Gasteiger partial charge in [-0.1, -0.05) is 23.8 Å². The molecule has 108 valence electrons. The van der Waals surface area contributed by atoms with E-state index in [4.69, 9.17) is 29.6 Å². The van der Waals surface area contributed by atoms with Crippen molar-refractivity contribution in [1.29, 1.82) is 0 Å². The number of thiocarbonyl (C=S) groups is 1. The van der Waals surface area contributed by atoms with Gasteiger partial charge in [-0.3, -0.25) is 0 Å². The molecule has 0 spiro atoms. The van der Waals surface area contributed by atoms with Crippen molar-refractivity contribution in [3.63, 3.8) is 0 Å². The van der Waals surface area contributed by atoms with Crippen molar-refractivity contribution in [2.75, 3.05) is 10.6 Å². The maximum atomic E-state index is 12.8. The summed E-state index contributed by atoms with van der Waals surface area (Å²) >= 11 is 10.8. The zero-order valence-corrected chi connectivity index (χ0v) is 12.3. The number of hydrogen-bond donors (Lipinski definition) is 3. The number of amides is 2. The molecule has 4 nitrogen and oxygen atoms in total. The van der Waals surface area contributed by atoms with Crippen molar-refractivity contribution in [3.8, 4) is 0 Å². The minimum Gasteiger partial charge on any atom is -0.389 e. The monoisotopic (exact) mass is 323 g/mol. The van der Waals surface area contributed by atoms with E-state index < -0.39 is 6.03 Å². The maximum absolute atomic E-state index is 12.8. The lowest BCUT2D eigenvalue weighted by molar-refractivity contribution is 0.262. The van der Waals surface area contributed by atoms with Crippen LogP contribution >= 0.6 is 23.8 Å². The van der Waals surface area contributed by atoms with Gasteiger partial charge < -0.3 is 16.4 Å². The molecule has 0 unspecified atom stereocenters. The van der Waals surface area contributed by atoms with Gasteiger partial charge in [-0.25, -0.2) is 9.18 Å². The summed E-state index contributed by atoms with van der Waals surface area (Å²) in [4.78, 5) is 12.1. The van der Waals surface area contributed by atoms with Gasteiger partial charge >= 0.3 is 6.03 Å². The van der Waals surface area contributed by atoms with Crippen LogP contribution in [0.4, 0.5) is 20.6 Å². The number of carbonyl (C=O) groups is 1. The van der Waals surface area contributed by atoms with Crippen molar-refractivity contribution in [2.45, 2.75) is 0 Å². The molecule has 2 rings (SSSR count). The number of carbonyl (C=O) groups excluding carboxylic acids is 1. The molecule has 4 N–H and O–H groups in total. The van der Waals surface area contributed by atoms with Gasteiger partial charge in [0, 0.05) is 16.3 Å². The van der Waals surface area contributed by atoms with Crippen LogP contribution in [-0.2, 0) is 0 Å². The van der Waals surface area contributed by atoms with E-state index in [9.17, 15) is 9.18 Å². The van der Waals surface area contributed by atoms with Crippen LogP contribution in [0.15, 0.2) is 42.5 Å². The second-order valence-electron chi connectivity index (χ2n) is 4.14. The third-order valence-corrected chi connectivity index (χ3v) is 3.05. The highest BCUT2D eigenvalue weighted by Gasteiger charge is 2.10. The summed E-state index contributed by atoms with van der Waals surface area (Å²) < 4.78 is 12.8. The Morgan fingerprint density at radius 3 is 2.43 bits per heavy atom.